The smallest absolute Gasteiger partial charge is 0.259 e. The molecule has 0 aliphatic heterocycles. The molecule has 0 saturated heterocycles. The van der Waals surface area contributed by atoms with Crippen molar-refractivity contribution < 1.29 is 17.3 Å². The highest BCUT2D eigenvalue weighted by Gasteiger charge is 2.19. The summed E-state index contributed by atoms with van der Waals surface area (Å²) < 4.78 is 46.5. The van der Waals surface area contributed by atoms with Crippen molar-refractivity contribution in [3.63, 3.8) is 0 Å². The number of nitrogens with one attached hydrogen (secondary N) is 1. The predicted molar refractivity (Wildman–Crippen MR) is 113 cm³/mol. The van der Waals surface area contributed by atoms with Crippen LogP contribution in [0.5, 0.6) is 0 Å². The van der Waals surface area contributed by atoms with Gasteiger partial charge in [0.05, 0.1) is 5.56 Å². The van der Waals surface area contributed by atoms with Gasteiger partial charge in [0.1, 0.15) is 10.0 Å². The van der Waals surface area contributed by atoms with Crippen LogP contribution in [0.4, 0.5) is 4.39 Å². The van der Waals surface area contributed by atoms with Crippen LogP contribution in [0.15, 0.2) is 74.8 Å². The van der Waals surface area contributed by atoms with Gasteiger partial charge in [-0.25, -0.2) is 17.5 Å². The fourth-order valence-electron chi connectivity index (χ4n) is 2.87. The number of hydrogen-bond acceptors (Lipinski definition) is 6. The first-order chi connectivity index (χ1) is 14.5. The first-order valence-corrected chi connectivity index (χ1v) is 11.6. The summed E-state index contributed by atoms with van der Waals surface area (Å²) in [6, 6.07) is 17.3. The summed E-state index contributed by atoms with van der Waals surface area (Å²) in [5.41, 5.74) is 2.15. The number of benzene rings is 2. The second kappa shape index (κ2) is 8.86. The quantitative estimate of drug-likeness (QED) is 0.405. The first-order valence-electron chi connectivity index (χ1n) is 9.23. The molecule has 0 bridgehead atoms. The van der Waals surface area contributed by atoms with Crippen LogP contribution in [0, 0.1) is 5.82 Å². The van der Waals surface area contributed by atoms with Crippen LogP contribution in [-0.4, -0.2) is 25.1 Å². The number of nitrogens with zero attached hydrogens (tertiary/aromatic N) is 2. The minimum atomic E-state index is -3.62. The zero-order valence-electron chi connectivity index (χ0n) is 15.8. The van der Waals surface area contributed by atoms with Crippen molar-refractivity contribution in [2.75, 3.05) is 6.54 Å². The summed E-state index contributed by atoms with van der Waals surface area (Å²) in [5.74, 6) is 0.0104. The number of rotatable bonds is 8. The van der Waals surface area contributed by atoms with Crippen LogP contribution in [-0.2, 0) is 16.4 Å². The van der Waals surface area contributed by atoms with E-state index in [0.717, 1.165) is 17.8 Å². The van der Waals surface area contributed by atoms with Crippen LogP contribution in [0.25, 0.3) is 22.8 Å². The third-order valence-corrected chi connectivity index (χ3v) is 7.27. The molecule has 30 heavy (non-hydrogen) atoms. The number of thiophene rings is 1. The van der Waals surface area contributed by atoms with E-state index in [9.17, 15) is 12.8 Å². The average molecular weight is 444 g/mol. The average Bonchev–Trinajstić information content (AvgIpc) is 3.42. The molecule has 2 aromatic carbocycles. The molecule has 154 valence electrons. The zero-order valence-corrected chi connectivity index (χ0v) is 17.4. The highest BCUT2D eigenvalue weighted by molar-refractivity contribution is 7.91. The van der Waals surface area contributed by atoms with Gasteiger partial charge in [0.25, 0.3) is 5.89 Å². The molecular weight excluding hydrogens is 425 g/mol. The molecule has 0 unspecified atom stereocenters. The van der Waals surface area contributed by atoms with Gasteiger partial charge in [-0.1, -0.05) is 47.6 Å². The Morgan fingerprint density at radius 1 is 1.03 bits per heavy atom. The van der Waals surface area contributed by atoms with Gasteiger partial charge < -0.3 is 4.52 Å². The Hall–Kier alpha value is -2.88. The molecule has 4 aromatic rings. The van der Waals surface area contributed by atoms with Crippen molar-refractivity contribution in [1.82, 2.24) is 14.9 Å². The Bertz CT molecular complexity index is 1240. The van der Waals surface area contributed by atoms with Gasteiger partial charge in [0, 0.05) is 17.5 Å². The normalized spacial score (nSPS) is 11.6. The van der Waals surface area contributed by atoms with Gasteiger partial charge in [0.15, 0.2) is 0 Å². The van der Waals surface area contributed by atoms with Gasteiger partial charge in [-0.05, 0) is 36.6 Å². The van der Waals surface area contributed by atoms with Crippen LogP contribution in [0.3, 0.4) is 0 Å². The van der Waals surface area contributed by atoms with Gasteiger partial charge in [-0.2, -0.15) is 4.98 Å². The van der Waals surface area contributed by atoms with E-state index in [1.54, 1.807) is 17.5 Å². The lowest BCUT2D eigenvalue weighted by Gasteiger charge is -2.04. The highest BCUT2D eigenvalue weighted by atomic mass is 32.2. The molecule has 0 amide bonds. The largest absolute Gasteiger partial charge is 0.334 e. The third kappa shape index (κ3) is 4.81. The predicted octanol–water partition coefficient (Wildman–Crippen LogP) is 4.52. The maximum Gasteiger partial charge on any atom is 0.259 e. The van der Waals surface area contributed by atoms with Crippen molar-refractivity contribution in [2.24, 2.45) is 0 Å². The Morgan fingerprint density at radius 2 is 1.87 bits per heavy atom. The molecule has 2 aromatic heterocycles. The molecule has 6 nitrogen and oxygen atoms in total. The van der Waals surface area contributed by atoms with Crippen molar-refractivity contribution in [1.29, 1.82) is 0 Å². The number of halogens is 1. The number of aromatic nitrogens is 2. The summed E-state index contributed by atoms with van der Waals surface area (Å²) in [4.78, 5) is 4.24. The highest BCUT2D eigenvalue weighted by Crippen LogP contribution is 2.29. The Balaban J connectivity index is 1.40. The van der Waals surface area contributed by atoms with Gasteiger partial charge >= 0.3 is 0 Å². The van der Waals surface area contributed by atoms with E-state index in [1.165, 1.54) is 23.8 Å². The molecule has 4 rings (SSSR count). The molecule has 0 spiro atoms. The Morgan fingerprint density at radius 3 is 2.67 bits per heavy atom. The van der Waals surface area contributed by atoms with Gasteiger partial charge in [-0.15, -0.1) is 11.3 Å². The van der Waals surface area contributed by atoms with E-state index in [0.29, 0.717) is 24.1 Å². The van der Waals surface area contributed by atoms with Crippen molar-refractivity contribution >= 4 is 21.4 Å². The standard InChI is InChI=1S/C21H18FN3O3S2/c22-18-10-4-9-16(12-18)20-24-21(28-25-20)17-13-19(29-14-17)30(26,27)23-11-5-8-15-6-2-1-3-7-15/h1-4,6-7,9-10,12-14,23H,5,8,11H2. The van der Waals surface area contributed by atoms with Crippen LogP contribution >= 0.6 is 11.3 Å². The first kappa shape index (κ1) is 20.4. The van der Waals surface area contributed by atoms with Crippen molar-refractivity contribution in [3.8, 4) is 22.8 Å². The molecule has 0 atom stereocenters. The van der Waals surface area contributed by atoms with Crippen LogP contribution < -0.4 is 4.72 Å². The lowest BCUT2D eigenvalue weighted by Crippen LogP contribution is -2.24. The zero-order chi connectivity index (χ0) is 21.0. The monoisotopic (exact) mass is 443 g/mol. The Kier molecular flexibility index (Phi) is 6.03. The topological polar surface area (TPSA) is 85.1 Å². The number of aryl methyl sites for hydroxylation is 1. The second-order valence-electron chi connectivity index (χ2n) is 6.57. The minimum Gasteiger partial charge on any atom is -0.334 e. The molecule has 0 fully saturated rings. The molecule has 0 aliphatic carbocycles. The molecule has 0 aliphatic rings. The maximum atomic E-state index is 13.4. The second-order valence-corrected chi connectivity index (χ2v) is 9.48. The van der Waals surface area contributed by atoms with Crippen molar-refractivity contribution in [3.05, 3.63) is 77.4 Å². The van der Waals surface area contributed by atoms with E-state index in [4.69, 9.17) is 4.52 Å². The van der Waals surface area contributed by atoms with Gasteiger partial charge in [-0.3, -0.25) is 0 Å². The molecular formula is C21H18FN3O3S2. The lowest BCUT2D eigenvalue weighted by atomic mass is 10.1. The summed E-state index contributed by atoms with van der Waals surface area (Å²) >= 11 is 1.08. The SMILES string of the molecule is O=S(=O)(NCCCc1ccccc1)c1cc(-c2nc(-c3cccc(F)c3)no2)cs1. The fraction of sp³-hybridized carbons (Fsp3) is 0.143. The molecule has 9 heteroatoms. The van der Waals surface area contributed by atoms with Crippen LogP contribution in [0.2, 0.25) is 0 Å². The van der Waals surface area contributed by atoms with E-state index < -0.39 is 15.8 Å². The lowest BCUT2D eigenvalue weighted by molar-refractivity contribution is 0.432. The van der Waals surface area contributed by atoms with Crippen LogP contribution in [0.1, 0.15) is 12.0 Å². The molecule has 0 saturated carbocycles. The van der Waals surface area contributed by atoms with E-state index >= 15 is 0 Å². The molecule has 0 radical (unpaired) electrons. The van der Waals surface area contributed by atoms with Gasteiger partial charge in [0.2, 0.25) is 15.8 Å². The van der Waals surface area contributed by atoms with E-state index in [2.05, 4.69) is 14.9 Å². The van der Waals surface area contributed by atoms with Crippen molar-refractivity contribution in [2.45, 2.75) is 17.1 Å². The summed E-state index contributed by atoms with van der Waals surface area (Å²) in [6.07, 6.45) is 1.49. The third-order valence-electron chi connectivity index (χ3n) is 4.37. The maximum absolute atomic E-state index is 13.4. The summed E-state index contributed by atoms with van der Waals surface area (Å²) in [7, 11) is -3.62. The summed E-state index contributed by atoms with van der Waals surface area (Å²) in [5, 5.41) is 5.49. The summed E-state index contributed by atoms with van der Waals surface area (Å²) in [6.45, 7) is 0.342. The molecule has 2 heterocycles. The van der Waals surface area contributed by atoms with E-state index in [-0.39, 0.29) is 15.9 Å². The number of hydrogen-bond donors (Lipinski definition) is 1. The van der Waals surface area contributed by atoms with E-state index in [1.807, 2.05) is 30.3 Å². The molecule has 1 N–H and O–H groups in total. The minimum absolute atomic E-state index is 0.169. The number of sulfonamides is 1. The fourth-order valence-corrected chi connectivity index (χ4v) is 5.14. The Labute approximate surface area is 177 Å².